The van der Waals surface area contributed by atoms with Crippen molar-refractivity contribution in [2.75, 3.05) is 13.7 Å². The van der Waals surface area contributed by atoms with Crippen molar-refractivity contribution in [2.45, 2.75) is 25.8 Å². The number of rotatable bonds is 2. The molecule has 3 heteroatoms. The largest absolute Gasteiger partial charge is 0.494 e. The number of nitrogens with one attached hydrogen (secondary N) is 1. The number of hydrogen-bond acceptors (Lipinski definition) is 2. The molecule has 1 saturated heterocycles. The van der Waals surface area contributed by atoms with Crippen LogP contribution in [0.15, 0.2) is 18.2 Å². The second kappa shape index (κ2) is 4.83. The number of piperidine rings is 1. The average Bonchev–Trinajstić information content (AvgIpc) is 2.29. The fourth-order valence-corrected chi connectivity index (χ4v) is 2.26. The molecule has 1 aliphatic rings. The van der Waals surface area contributed by atoms with Crippen molar-refractivity contribution < 1.29 is 9.13 Å². The lowest BCUT2D eigenvalue weighted by molar-refractivity contribution is 0.323. The van der Waals surface area contributed by atoms with Crippen LogP contribution in [0, 0.1) is 11.7 Å². The van der Waals surface area contributed by atoms with Crippen molar-refractivity contribution >= 4 is 0 Å². The zero-order chi connectivity index (χ0) is 11.5. The third-order valence-electron chi connectivity index (χ3n) is 3.24. The molecule has 0 bridgehead atoms. The van der Waals surface area contributed by atoms with Crippen molar-refractivity contribution in [2.24, 2.45) is 5.92 Å². The minimum atomic E-state index is -0.278. The molecule has 1 heterocycles. The van der Waals surface area contributed by atoms with Crippen molar-refractivity contribution in [3.8, 4) is 5.75 Å². The Morgan fingerprint density at radius 2 is 2.25 bits per heavy atom. The maximum atomic E-state index is 13.5. The predicted molar refractivity (Wildman–Crippen MR) is 62.1 cm³/mol. The van der Waals surface area contributed by atoms with Gasteiger partial charge in [-0.25, -0.2) is 4.39 Å². The Bertz CT molecular complexity index is 367. The summed E-state index contributed by atoms with van der Waals surface area (Å²) in [5.74, 6) is 0.740. The molecule has 2 atom stereocenters. The summed E-state index contributed by atoms with van der Waals surface area (Å²) in [6, 6.07) is 5.50. The van der Waals surface area contributed by atoms with Crippen LogP contribution in [0.1, 0.15) is 31.4 Å². The second-order valence-corrected chi connectivity index (χ2v) is 4.53. The van der Waals surface area contributed by atoms with E-state index in [0.717, 1.165) is 18.5 Å². The molecule has 0 spiro atoms. The molecule has 0 aliphatic carbocycles. The summed E-state index contributed by atoms with van der Waals surface area (Å²) in [5.41, 5.74) is 1.02. The number of benzene rings is 1. The summed E-state index contributed by atoms with van der Waals surface area (Å²) >= 11 is 0. The van der Waals surface area contributed by atoms with Gasteiger partial charge in [0.15, 0.2) is 11.6 Å². The average molecular weight is 223 g/mol. The summed E-state index contributed by atoms with van der Waals surface area (Å²) in [6.07, 6.45) is 2.28. The summed E-state index contributed by atoms with van der Waals surface area (Å²) in [4.78, 5) is 0. The minimum Gasteiger partial charge on any atom is -0.494 e. The van der Waals surface area contributed by atoms with E-state index in [1.807, 2.05) is 6.07 Å². The monoisotopic (exact) mass is 223 g/mol. The zero-order valence-electron chi connectivity index (χ0n) is 9.79. The van der Waals surface area contributed by atoms with Crippen molar-refractivity contribution in [1.82, 2.24) is 5.32 Å². The third kappa shape index (κ3) is 2.35. The van der Waals surface area contributed by atoms with Crippen LogP contribution in [0.5, 0.6) is 5.75 Å². The molecule has 2 unspecified atom stereocenters. The Morgan fingerprint density at radius 1 is 1.44 bits per heavy atom. The van der Waals surface area contributed by atoms with Gasteiger partial charge in [0.25, 0.3) is 0 Å². The highest BCUT2D eigenvalue weighted by atomic mass is 19.1. The number of methoxy groups -OCH3 is 1. The first-order valence-corrected chi connectivity index (χ1v) is 5.77. The lowest BCUT2D eigenvalue weighted by Gasteiger charge is -2.28. The molecule has 0 saturated carbocycles. The van der Waals surface area contributed by atoms with Crippen LogP contribution < -0.4 is 10.1 Å². The molecule has 0 amide bonds. The molecule has 1 aliphatic heterocycles. The first-order chi connectivity index (χ1) is 7.70. The molecule has 1 N–H and O–H groups in total. The minimum absolute atomic E-state index is 0.278. The van der Waals surface area contributed by atoms with Gasteiger partial charge in [-0.15, -0.1) is 0 Å². The predicted octanol–water partition coefficient (Wildman–Crippen LogP) is 2.89. The molecular weight excluding hydrogens is 205 g/mol. The molecular formula is C13H18FNO. The highest BCUT2D eigenvalue weighted by molar-refractivity contribution is 5.31. The van der Waals surface area contributed by atoms with Crippen LogP contribution >= 0.6 is 0 Å². The SMILES string of the molecule is COc1ccc(C2CC(C)CCN2)cc1F. The smallest absolute Gasteiger partial charge is 0.165 e. The van der Waals surface area contributed by atoms with Gasteiger partial charge in [0.05, 0.1) is 7.11 Å². The molecule has 2 nitrogen and oxygen atoms in total. The molecule has 2 rings (SSSR count). The number of hydrogen-bond donors (Lipinski definition) is 1. The third-order valence-corrected chi connectivity index (χ3v) is 3.24. The van der Waals surface area contributed by atoms with Gasteiger partial charge in [-0.2, -0.15) is 0 Å². The highest BCUT2D eigenvalue weighted by Gasteiger charge is 2.20. The quantitative estimate of drug-likeness (QED) is 0.832. The van der Waals surface area contributed by atoms with Gasteiger partial charge in [-0.3, -0.25) is 0 Å². The fraction of sp³-hybridized carbons (Fsp3) is 0.538. The van der Waals surface area contributed by atoms with E-state index in [-0.39, 0.29) is 11.9 Å². The summed E-state index contributed by atoms with van der Waals surface area (Å²) < 4.78 is 18.5. The van der Waals surface area contributed by atoms with E-state index in [0.29, 0.717) is 11.7 Å². The van der Waals surface area contributed by atoms with Crippen LogP contribution in [-0.2, 0) is 0 Å². The van der Waals surface area contributed by atoms with E-state index < -0.39 is 0 Å². The normalized spacial score (nSPS) is 25.4. The van der Waals surface area contributed by atoms with Gasteiger partial charge in [0.1, 0.15) is 0 Å². The van der Waals surface area contributed by atoms with Crippen LogP contribution in [0.3, 0.4) is 0 Å². The molecule has 16 heavy (non-hydrogen) atoms. The van der Waals surface area contributed by atoms with E-state index >= 15 is 0 Å². The van der Waals surface area contributed by atoms with E-state index in [4.69, 9.17) is 4.74 Å². The van der Waals surface area contributed by atoms with Crippen LogP contribution in [-0.4, -0.2) is 13.7 Å². The topological polar surface area (TPSA) is 21.3 Å². The van der Waals surface area contributed by atoms with Crippen LogP contribution in [0.25, 0.3) is 0 Å². The van der Waals surface area contributed by atoms with Gasteiger partial charge in [-0.1, -0.05) is 13.0 Å². The fourth-order valence-electron chi connectivity index (χ4n) is 2.26. The zero-order valence-corrected chi connectivity index (χ0v) is 9.79. The number of ether oxygens (including phenoxy) is 1. The lowest BCUT2D eigenvalue weighted by atomic mass is 9.90. The van der Waals surface area contributed by atoms with E-state index in [9.17, 15) is 4.39 Å². The molecule has 88 valence electrons. The Morgan fingerprint density at radius 3 is 2.88 bits per heavy atom. The maximum Gasteiger partial charge on any atom is 0.165 e. The molecule has 1 aromatic carbocycles. The first-order valence-electron chi connectivity index (χ1n) is 5.77. The summed E-state index contributed by atoms with van der Waals surface area (Å²) in [6.45, 7) is 3.26. The van der Waals surface area contributed by atoms with E-state index in [2.05, 4.69) is 12.2 Å². The Labute approximate surface area is 95.8 Å². The van der Waals surface area contributed by atoms with Crippen LogP contribution in [0.4, 0.5) is 4.39 Å². The van der Waals surface area contributed by atoms with Gasteiger partial charge >= 0.3 is 0 Å². The van der Waals surface area contributed by atoms with Gasteiger partial charge in [0, 0.05) is 6.04 Å². The van der Waals surface area contributed by atoms with E-state index in [1.165, 1.54) is 13.5 Å². The van der Waals surface area contributed by atoms with Crippen molar-refractivity contribution in [1.29, 1.82) is 0 Å². The van der Waals surface area contributed by atoms with E-state index in [1.54, 1.807) is 12.1 Å². The van der Waals surface area contributed by atoms with Gasteiger partial charge in [0.2, 0.25) is 0 Å². The molecule has 0 aromatic heterocycles. The maximum absolute atomic E-state index is 13.5. The van der Waals surface area contributed by atoms with Crippen molar-refractivity contribution in [3.63, 3.8) is 0 Å². The van der Waals surface area contributed by atoms with Gasteiger partial charge in [-0.05, 0) is 43.0 Å². The van der Waals surface area contributed by atoms with Crippen LogP contribution in [0.2, 0.25) is 0 Å². The summed E-state index contributed by atoms with van der Waals surface area (Å²) in [7, 11) is 1.49. The Hall–Kier alpha value is -1.09. The second-order valence-electron chi connectivity index (χ2n) is 4.53. The molecule has 0 radical (unpaired) electrons. The molecule has 1 fully saturated rings. The lowest BCUT2D eigenvalue weighted by Crippen LogP contribution is -2.30. The Kier molecular flexibility index (Phi) is 3.44. The highest BCUT2D eigenvalue weighted by Crippen LogP contribution is 2.29. The number of halogens is 1. The van der Waals surface area contributed by atoms with Crippen molar-refractivity contribution in [3.05, 3.63) is 29.6 Å². The first kappa shape index (κ1) is 11.4. The standard InChI is InChI=1S/C13H18FNO/c1-9-5-6-15-12(7-9)10-3-4-13(16-2)11(14)8-10/h3-4,8-9,12,15H,5-7H2,1-2H3. The molecule has 1 aromatic rings. The van der Waals surface area contributed by atoms with Gasteiger partial charge < -0.3 is 10.1 Å². The summed E-state index contributed by atoms with van der Waals surface area (Å²) in [5, 5.41) is 3.42. The Balaban J connectivity index is 2.17.